The number of aromatic nitrogens is 2. The smallest absolute Gasteiger partial charge is 0.247 e. The van der Waals surface area contributed by atoms with Gasteiger partial charge in [0.05, 0.1) is 18.4 Å². The zero-order valence-corrected chi connectivity index (χ0v) is 18.1. The molecule has 0 saturated carbocycles. The van der Waals surface area contributed by atoms with Crippen molar-refractivity contribution in [3.63, 3.8) is 0 Å². The third-order valence-electron chi connectivity index (χ3n) is 5.71. The fourth-order valence-electron chi connectivity index (χ4n) is 4.10. The van der Waals surface area contributed by atoms with Crippen LogP contribution < -0.4 is 9.64 Å². The number of benzene rings is 1. The van der Waals surface area contributed by atoms with Gasteiger partial charge in [-0.15, -0.1) is 0 Å². The molecule has 1 fully saturated rings. The number of anilines is 1. The lowest BCUT2D eigenvalue weighted by atomic mass is 10.0. The number of hydrogen-bond acceptors (Lipinski definition) is 6. The standard InChI is InChI=1S/C21H27FN4O3S/c1-15(2)7-12-26-17-8-10-25(21-23-13-16(22)14-24-21)11-9-18(17)29-19-5-3-4-6-20(19)30(26,27)28/h3-6,13-15,17-18H,7-12H2,1-2H3/t17-,18-/m1/s1. The maximum atomic E-state index is 13.6. The summed E-state index contributed by atoms with van der Waals surface area (Å²) in [5.41, 5.74) is 0. The lowest BCUT2D eigenvalue weighted by molar-refractivity contribution is 0.111. The summed E-state index contributed by atoms with van der Waals surface area (Å²) in [5.74, 6) is 0.758. The predicted molar refractivity (Wildman–Crippen MR) is 111 cm³/mol. The number of para-hydroxylation sites is 1. The molecule has 0 amide bonds. The van der Waals surface area contributed by atoms with Gasteiger partial charge in [-0.3, -0.25) is 0 Å². The Morgan fingerprint density at radius 3 is 2.60 bits per heavy atom. The Morgan fingerprint density at radius 1 is 1.17 bits per heavy atom. The first-order chi connectivity index (χ1) is 14.4. The molecular formula is C21H27FN4O3S. The van der Waals surface area contributed by atoms with Crippen molar-refractivity contribution in [2.45, 2.75) is 50.2 Å². The monoisotopic (exact) mass is 434 g/mol. The molecular weight excluding hydrogens is 407 g/mol. The van der Waals surface area contributed by atoms with Gasteiger partial charge in [0, 0.05) is 26.1 Å². The lowest BCUT2D eigenvalue weighted by Gasteiger charge is -2.32. The molecule has 4 rings (SSSR count). The van der Waals surface area contributed by atoms with E-state index in [0.29, 0.717) is 50.1 Å². The first-order valence-corrected chi connectivity index (χ1v) is 11.8. The molecule has 2 aliphatic heterocycles. The zero-order valence-electron chi connectivity index (χ0n) is 17.2. The predicted octanol–water partition coefficient (Wildman–Crippen LogP) is 3.08. The summed E-state index contributed by atoms with van der Waals surface area (Å²) >= 11 is 0. The van der Waals surface area contributed by atoms with Gasteiger partial charge < -0.3 is 9.64 Å². The second-order valence-electron chi connectivity index (χ2n) is 8.23. The summed E-state index contributed by atoms with van der Waals surface area (Å²) in [4.78, 5) is 10.4. The topological polar surface area (TPSA) is 75.6 Å². The largest absolute Gasteiger partial charge is 0.487 e. The van der Waals surface area contributed by atoms with Gasteiger partial charge in [-0.2, -0.15) is 4.31 Å². The molecule has 30 heavy (non-hydrogen) atoms. The van der Waals surface area contributed by atoms with Crippen LogP contribution in [0.1, 0.15) is 33.1 Å². The molecule has 1 aromatic heterocycles. The molecule has 0 unspecified atom stereocenters. The SMILES string of the molecule is CC(C)CCN1[C@@H]2CCN(c3ncc(F)cn3)CC[C@H]2Oc2ccccc2S1(=O)=O. The Morgan fingerprint density at radius 2 is 1.87 bits per heavy atom. The second-order valence-corrected chi connectivity index (χ2v) is 10.1. The molecule has 0 spiro atoms. The van der Waals surface area contributed by atoms with Crippen molar-refractivity contribution in [1.29, 1.82) is 0 Å². The normalized spacial score (nSPS) is 23.8. The van der Waals surface area contributed by atoms with Crippen molar-refractivity contribution >= 4 is 16.0 Å². The molecule has 7 nitrogen and oxygen atoms in total. The van der Waals surface area contributed by atoms with Gasteiger partial charge in [0.1, 0.15) is 16.7 Å². The number of rotatable bonds is 4. The van der Waals surface area contributed by atoms with Crippen LogP contribution in [0.25, 0.3) is 0 Å². The highest BCUT2D eigenvalue weighted by Gasteiger charge is 2.43. The molecule has 2 atom stereocenters. The van der Waals surface area contributed by atoms with Gasteiger partial charge in [-0.1, -0.05) is 26.0 Å². The van der Waals surface area contributed by atoms with Crippen LogP contribution in [0.3, 0.4) is 0 Å². The first kappa shape index (κ1) is 21.0. The highest BCUT2D eigenvalue weighted by molar-refractivity contribution is 7.89. The van der Waals surface area contributed by atoms with Gasteiger partial charge in [0.15, 0.2) is 5.82 Å². The highest BCUT2D eigenvalue weighted by atomic mass is 32.2. The van der Waals surface area contributed by atoms with Crippen LogP contribution in [-0.2, 0) is 10.0 Å². The minimum absolute atomic E-state index is 0.237. The van der Waals surface area contributed by atoms with Crippen LogP contribution >= 0.6 is 0 Å². The number of ether oxygens (including phenoxy) is 1. The minimum atomic E-state index is -3.68. The summed E-state index contributed by atoms with van der Waals surface area (Å²) in [6.45, 7) is 5.80. The summed E-state index contributed by atoms with van der Waals surface area (Å²) in [7, 11) is -3.68. The van der Waals surface area contributed by atoms with Crippen molar-refractivity contribution in [3.8, 4) is 5.75 Å². The molecule has 1 saturated heterocycles. The molecule has 0 radical (unpaired) electrons. The van der Waals surface area contributed by atoms with Crippen molar-refractivity contribution in [3.05, 3.63) is 42.5 Å². The fraction of sp³-hybridized carbons (Fsp3) is 0.524. The van der Waals surface area contributed by atoms with E-state index >= 15 is 0 Å². The van der Waals surface area contributed by atoms with E-state index in [4.69, 9.17) is 4.74 Å². The minimum Gasteiger partial charge on any atom is -0.487 e. The van der Waals surface area contributed by atoms with E-state index in [1.54, 1.807) is 28.6 Å². The van der Waals surface area contributed by atoms with Crippen LogP contribution in [0.2, 0.25) is 0 Å². The third kappa shape index (κ3) is 4.13. The molecule has 162 valence electrons. The maximum absolute atomic E-state index is 13.6. The van der Waals surface area contributed by atoms with Crippen LogP contribution in [0.5, 0.6) is 5.75 Å². The van der Waals surface area contributed by atoms with Crippen LogP contribution in [-0.4, -0.2) is 54.5 Å². The van der Waals surface area contributed by atoms with E-state index in [-0.39, 0.29) is 17.0 Å². The van der Waals surface area contributed by atoms with Gasteiger partial charge in [0.2, 0.25) is 16.0 Å². The third-order valence-corrected chi connectivity index (χ3v) is 7.67. The number of halogens is 1. The second kappa shape index (κ2) is 8.47. The van der Waals surface area contributed by atoms with Crippen LogP contribution in [0, 0.1) is 11.7 Å². The van der Waals surface area contributed by atoms with E-state index in [1.165, 1.54) is 0 Å². The van der Waals surface area contributed by atoms with E-state index in [1.807, 2.05) is 4.90 Å². The van der Waals surface area contributed by atoms with Gasteiger partial charge in [0.25, 0.3) is 0 Å². The molecule has 1 aromatic carbocycles. The Hall–Kier alpha value is -2.26. The zero-order chi connectivity index (χ0) is 21.3. The summed E-state index contributed by atoms with van der Waals surface area (Å²) in [5, 5.41) is 0. The number of sulfonamides is 1. The van der Waals surface area contributed by atoms with Crippen molar-refractivity contribution < 1.29 is 17.5 Å². The van der Waals surface area contributed by atoms with E-state index < -0.39 is 15.8 Å². The molecule has 9 heteroatoms. The number of fused-ring (bicyclic) bond motifs is 2. The quantitative estimate of drug-likeness (QED) is 0.736. The molecule has 0 aliphatic carbocycles. The van der Waals surface area contributed by atoms with E-state index in [9.17, 15) is 12.8 Å². The summed E-state index contributed by atoms with van der Waals surface area (Å²) in [6, 6.07) is 6.59. The molecule has 0 N–H and O–H groups in total. The summed E-state index contributed by atoms with van der Waals surface area (Å²) < 4.78 is 48.2. The van der Waals surface area contributed by atoms with Gasteiger partial charge in [-0.05, 0) is 30.9 Å². The van der Waals surface area contributed by atoms with E-state index in [2.05, 4.69) is 23.8 Å². The maximum Gasteiger partial charge on any atom is 0.247 e. The number of hydrogen-bond donors (Lipinski definition) is 0. The van der Waals surface area contributed by atoms with Crippen molar-refractivity contribution in [1.82, 2.24) is 14.3 Å². The first-order valence-electron chi connectivity index (χ1n) is 10.4. The Labute approximate surface area is 176 Å². The van der Waals surface area contributed by atoms with Crippen LogP contribution in [0.4, 0.5) is 10.3 Å². The Balaban J connectivity index is 1.67. The Kier molecular flexibility index (Phi) is 5.92. The number of nitrogens with zero attached hydrogens (tertiary/aromatic N) is 4. The Bertz CT molecular complexity index is 984. The van der Waals surface area contributed by atoms with Gasteiger partial charge in [-0.25, -0.2) is 22.8 Å². The molecule has 3 heterocycles. The van der Waals surface area contributed by atoms with Crippen molar-refractivity contribution in [2.24, 2.45) is 5.92 Å². The highest BCUT2D eigenvalue weighted by Crippen LogP contribution is 2.37. The van der Waals surface area contributed by atoms with Crippen LogP contribution in [0.15, 0.2) is 41.6 Å². The van der Waals surface area contributed by atoms with Gasteiger partial charge >= 0.3 is 0 Å². The van der Waals surface area contributed by atoms with E-state index in [0.717, 1.165) is 18.8 Å². The molecule has 2 aromatic rings. The summed E-state index contributed by atoms with van der Waals surface area (Å²) in [6.07, 6.45) is 4.00. The average molecular weight is 435 g/mol. The van der Waals surface area contributed by atoms with Crippen molar-refractivity contribution in [2.75, 3.05) is 24.5 Å². The molecule has 2 aliphatic rings. The molecule has 0 bridgehead atoms. The average Bonchev–Trinajstić information content (AvgIpc) is 2.96. The lowest BCUT2D eigenvalue weighted by Crippen LogP contribution is -2.47. The fourth-order valence-corrected chi connectivity index (χ4v) is 5.91.